The summed E-state index contributed by atoms with van der Waals surface area (Å²) >= 11 is 0. The molecule has 0 saturated carbocycles. The van der Waals surface area contributed by atoms with E-state index < -0.39 is 21.8 Å². The number of H-pyrrole nitrogens is 1. The molecule has 2 heterocycles. The second-order valence-corrected chi connectivity index (χ2v) is 8.86. The molecule has 1 atom stereocenters. The first kappa shape index (κ1) is 21.7. The van der Waals surface area contributed by atoms with Crippen LogP contribution in [0, 0.1) is 11.6 Å². The van der Waals surface area contributed by atoms with E-state index in [0.29, 0.717) is 32.6 Å². The molecule has 1 aromatic carbocycles. The molecule has 29 heavy (non-hydrogen) atoms. The van der Waals surface area contributed by atoms with E-state index >= 15 is 0 Å². The van der Waals surface area contributed by atoms with Crippen molar-refractivity contribution in [3.05, 3.63) is 47.3 Å². The number of aromatic nitrogens is 2. The van der Waals surface area contributed by atoms with Gasteiger partial charge in [0.2, 0.25) is 0 Å². The van der Waals surface area contributed by atoms with Crippen molar-refractivity contribution < 1.29 is 21.9 Å². The molecule has 0 amide bonds. The van der Waals surface area contributed by atoms with Crippen molar-refractivity contribution in [3.63, 3.8) is 0 Å². The maximum Gasteiger partial charge on any atom is 0.281 e. The molecular formula is C19H26F2N4O3S. The second kappa shape index (κ2) is 9.19. The fourth-order valence-electron chi connectivity index (χ4n) is 3.45. The number of nitrogens with one attached hydrogen (secondary N) is 1. The summed E-state index contributed by atoms with van der Waals surface area (Å²) in [6, 6.07) is 5.32. The van der Waals surface area contributed by atoms with Gasteiger partial charge in [-0.1, -0.05) is 13.8 Å². The average molecular weight is 429 g/mol. The fourth-order valence-corrected chi connectivity index (χ4v) is 5.14. The molecule has 0 spiro atoms. The van der Waals surface area contributed by atoms with E-state index in [1.807, 2.05) is 19.9 Å². The van der Waals surface area contributed by atoms with Crippen LogP contribution in [0.15, 0.2) is 24.3 Å². The van der Waals surface area contributed by atoms with Crippen LogP contribution in [0.5, 0.6) is 5.75 Å². The monoisotopic (exact) mass is 428 g/mol. The molecule has 1 aromatic heterocycles. The minimum atomic E-state index is -3.44. The van der Waals surface area contributed by atoms with Gasteiger partial charge >= 0.3 is 0 Å². The summed E-state index contributed by atoms with van der Waals surface area (Å²) in [5.41, 5.74) is 1.66. The zero-order valence-electron chi connectivity index (χ0n) is 16.6. The van der Waals surface area contributed by atoms with Gasteiger partial charge in [0.15, 0.2) is 11.6 Å². The molecule has 1 N–H and O–H groups in total. The number of benzene rings is 1. The van der Waals surface area contributed by atoms with Crippen LogP contribution in [-0.4, -0.2) is 60.0 Å². The van der Waals surface area contributed by atoms with Gasteiger partial charge in [0, 0.05) is 50.3 Å². The van der Waals surface area contributed by atoms with E-state index in [1.54, 1.807) is 0 Å². The Kier molecular flexibility index (Phi) is 6.86. The highest BCUT2D eigenvalue weighted by molar-refractivity contribution is 7.86. The predicted molar refractivity (Wildman–Crippen MR) is 105 cm³/mol. The molecule has 1 saturated heterocycles. The lowest BCUT2D eigenvalue weighted by Crippen LogP contribution is -2.42. The number of halogens is 2. The van der Waals surface area contributed by atoms with Gasteiger partial charge in [-0.25, -0.2) is 8.78 Å². The molecule has 0 bridgehead atoms. The van der Waals surface area contributed by atoms with Crippen LogP contribution in [0.3, 0.4) is 0 Å². The molecule has 1 aliphatic heterocycles. The molecule has 3 rings (SSSR count). The third kappa shape index (κ3) is 4.93. The summed E-state index contributed by atoms with van der Waals surface area (Å²) < 4.78 is 59.9. The first-order chi connectivity index (χ1) is 13.8. The lowest BCUT2D eigenvalue weighted by molar-refractivity contribution is 0.317. The van der Waals surface area contributed by atoms with Crippen molar-refractivity contribution in [2.75, 3.05) is 32.8 Å². The van der Waals surface area contributed by atoms with Crippen LogP contribution >= 0.6 is 0 Å². The van der Waals surface area contributed by atoms with Crippen LogP contribution in [0.25, 0.3) is 0 Å². The van der Waals surface area contributed by atoms with Crippen molar-refractivity contribution in [3.8, 4) is 5.75 Å². The summed E-state index contributed by atoms with van der Waals surface area (Å²) in [4.78, 5) is 0. The van der Waals surface area contributed by atoms with E-state index in [1.165, 1.54) is 14.7 Å². The standard InChI is InChI=1S/C19H26F2N4O3S/c1-3-24(4-2)29(26,27)25-9-7-14(13-25)19-11-15(22-23-19)8-10-28-16-5-6-17(20)18(21)12-16/h5-6,11-12,14H,3-4,7-10,13H2,1-2H3,(H,22,23)/t14-/m0/s1. The van der Waals surface area contributed by atoms with Crippen LogP contribution in [0.2, 0.25) is 0 Å². The number of ether oxygens (including phenoxy) is 1. The lowest BCUT2D eigenvalue weighted by atomic mass is 10.0. The van der Waals surface area contributed by atoms with Gasteiger partial charge in [-0.05, 0) is 24.6 Å². The van der Waals surface area contributed by atoms with E-state index in [4.69, 9.17) is 4.74 Å². The molecule has 0 unspecified atom stereocenters. The lowest BCUT2D eigenvalue weighted by Gasteiger charge is -2.25. The molecule has 0 radical (unpaired) electrons. The third-order valence-corrected chi connectivity index (χ3v) is 7.26. The fraction of sp³-hybridized carbons (Fsp3) is 0.526. The van der Waals surface area contributed by atoms with Crippen LogP contribution in [-0.2, 0) is 16.6 Å². The topological polar surface area (TPSA) is 78.5 Å². The molecule has 0 aliphatic carbocycles. The van der Waals surface area contributed by atoms with Gasteiger partial charge in [-0.3, -0.25) is 5.10 Å². The molecule has 160 valence electrons. The summed E-state index contributed by atoms with van der Waals surface area (Å²) in [7, 11) is -3.44. The molecule has 2 aromatic rings. The van der Waals surface area contributed by atoms with Crippen molar-refractivity contribution in [1.29, 1.82) is 0 Å². The highest BCUT2D eigenvalue weighted by Crippen LogP contribution is 2.29. The van der Waals surface area contributed by atoms with E-state index in [2.05, 4.69) is 10.2 Å². The van der Waals surface area contributed by atoms with Gasteiger partial charge in [0.1, 0.15) is 5.75 Å². The maximum absolute atomic E-state index is 13.2. The van der Waals surface area contributed by atoms with Crippen molar-refractivity contribution in [2.45, 2.75) is 32.6 Å². The number of hydrogen-bond donors (Lipinski definition) is 1. The molecule has 10 heteroatoms. The Hall–Kier alpha value is -2.04. The Bertz CT molecular complexity index is 931. The van der Waals surface area contributed by atoms with Gasteiger partial charge in [-0.15, -0.1) is 0 Å². The smallest absolute Gasteiger partial charge is 0.281 e. The van der Waals surface area contributed by atoms with E-state index in [9.17, 15) is 17.2 Å². The zero-order valence-corrected chi connectivity index (χ0v) is 17.4. The molecule has 1 aliphatic rings. The Morgan fingerprint density at radius 2 is 2.00 bits per heavy atom. The summed E-state index contributed by atoms with van der Waals surface area (Å²) in [5.74, 6) is -1.56. The average Bonchev–Trinajstić information content (AvgIpc) is 3.35. The minimum absolute atomic E-state index is 0.0393. The molecular weight excluding hydrogens is 402 g/mol. The normalized spacial score (nSPS) is 17.9. The van der Waals surface area contributed by atoms with Gasteiger partial charge in [0.25, 0.3) is 10.2 Å². The highest BCUT2D eigenvalue weighted by Gasteiger charge is 2.35. The van der Waals surface area contributed by atoms with Gasteiger partial charge < -0.3 is 4.74 Å². The van der Waals surface area contributed by atoms with Gasteiger partial charge in [0.05, 0.1) is 12.3 Å². The van der Waals surface area contributed by atoms with Crippen LogP contribution in [0.4, 0.5) is 8.78 Å². The Morgan fingerprint density at radius 1 is 1.24 bits per heavy atom. The number of nitrogens with zero attached hydrogens (tertiary/aromatic N) is 3. The maximum atomic E-state index is 13.2. The van der Waals surface area contributed by atoms with E-state index in [-0.39, 0.29) is 18.3 Å². The number of hydrogen-bond acceptors (Lipinski definition) is 4. The van der Waals surface area contributed by atoms with Crippen LogP contribution in [0.1, 0.15) is 37.6 Å². The molecule has 1 fully saturated rings. The van der Waals surface area contributed by atoms with Crippen molar-refractivity contribution in [1.82, 2.24) is 18.8 Å². The summed E-state index contributed by atoms with van der Waals surface area (Å²) in [5, 5.41) is 7.27. The quantitative estimate of drug-likeness (QED) is 0.666. The molecule has 7 nitrogen and oxygen atoms in total. The summed E-state index contributed by atoms with van der Waals surface area (Å²) in [6.45, 7) is 5.72. The Morgan fingerprint density at radius 3 is 2.69 bits per heavy atom. The minimum Gasteiger partial charge on any atom is -0.493 e. The first-order valence-electron chi connectivity index (χ1n) is 9.72. The van der Waals surface area contributed by atoms with Gasteiger partial charge in [-0.2, -0.15) is 22.1 Å². The third-order valence-electron chi connectivity index (χ3n) is 5.11. The number of aromatic amines is 1. The van der Waals surface area contributed by atoms with E-state index in [0.717, 1.165) is 29.9 Å². The summed E-state index contributed by atoms with van der Waals surface area (Å²) in [6.07, 6.45) is 1.23. The van der Waals surface area contributed by atoms with Crippen molar-refractivity contribution in [2.24, 2.45) is 0 Å². The largest absolute Gasteiger partial charge is 0.493 e. The predicted octanol–water partition coefficient (Wildman–Crippen LogP) is 2.69. The Labute approximate surface area is 169 Å². The highest BCUT2D eigenvalue weighted by atomic mass is 32.2. The second-order valence-electron chi connectivity index (χ2n) is 6.93. The number of rotatable bonds is 9. The SMILES string of the molecule is CCN(CC)S(=O)(=O)N1CC[C@H](c2cc(CCOc3ccc(F)c(F)c3)[nH]n2)C1. The first-order valence-corrected chi connectivity index (χ1v) is 11.1. The zero-order chi connectivity index (χ0) is 21.0. The Balaban J connectivity index is 1.54. The van der Waals surface area contributed by atoms with Crippen molar-refractivity contribution >= 4 is 10.2 Å². The van der Waals surface area contributed by atoms with Crippen LogP contribution < -0.4 is 4.74 Å².